The number of alkyl carbamates (subject to hydrolysis) is 1. The molecule has 0 aromatic carbocycles. The van der Waals surface area contributed by atoms with E-state index in [1.165, 1.54) is 0 Å². The first-order valence-corrected chi connectivity index (χ1v) is 6.21. The van der Waals surface area contributed by atoms with Crippen molar-refractivity contribution in [3.63, 3.8) is 0 Å². The van der Waals surface area contributed by atoms with Gasteiger partial charge in [0.1, 0.15) is 16.9 Å². The molecule has 1 amide bonds. The Hall–Kier alpha value is -1.45. The van der Waals surface area contributed by atoms with Crippen molar-refractivity contribution in [2.24, 2.45) is 5.92 Å². The lowest BCUT2D eigenvalue weighted by Crippen LogP contribution is -2.43. The van der Waals surface area contributed by atoms with Gasteiger partial charge >= 0.3 is 6.09 Å². The smallest absolute Gasteiger partial charge is 0.408 e. The maximum Gasteiger partial charge on any atom is 0.408 e. The van der Waals surface area contributed by atoms with Gasteiger partial charge in [0.25, 0.3) is 0 Å². The fourth-order valence-electron chi connectivity index (χ4n) is 1.90. The Morgan fingerprint density at radius 1 is 1.56 bits per heavy atom. The normalized spacial score (nSPS) is 26.1. The van der Waals surface area contributed by atoms with Crippen LogP contribution >= 0.6 is 0 Å². The molecule has 0 spiro atoms. The van der Waals surface area contributed by atoms with Gasteiger partial charge < -0.3 is 14.8 Å². The van der Waals surface area contributed by atoms with Crippen molar-refractivity contribution in [3.8, 4) is 0 Å². The summed E-state index contributed by atoms with van der Waals surface area (Å²) in [5, 5.41) is 2.85. The molecular formula is C14H23NO3. The molecule has 2 atom stereocenters. The van der Waals surface area contributed by atoms with E-state index in [4.69, 9.17) is 9.47 Å². The number of nitrogens with one attached hydrogen (secondary N) is 1. The molecule has 0 radical (unpaired) electrons. The zero-order chi connectivity index (χ0) is 14.0. The predicted molar refractivity (Wildman–Crippen MR) is 71.2 cm³/mol. The fraction of sp³-hybridized carbons (Fsp3) is 0.643. The zero-order valence-corrected chi connectivity index (χ0v) is 11.7. The third-order valence-corrected chi connectivity index (χ3v) is 2.84. The van der Waals surface area contributed by atoms with Crippen LogP contribution in [-0.4, -0.2) is 23.8 Å². The molecule has 1 fully saturated rings. The Balaban J connectivity index is 2.68. The summed E-state index contributed by atoms with van der Waals surface area (Å²) < 4.78 is 10.7. The number of rotatable bonds is 5. The van der Waals surface area contributed by atoms with Gasteiger partial charge in [0.05, 0.1) is 6.61 Å². The number of ether oxygens (including phenoxy) is 2. The summed E-state index contributed by atoms with van der Waals surface area (Å²) in [7, 11) is 0. The Bertz CT molecular complexity index is 357. The van der Waals surface area contributed by atoms with Crippen LogP contribution in [0.2, 0.25) is 0 Å². The van der Waals surface area contributed by atoms with Crippen LogP contribution in [0.25, 0.3) is 0 Å². The third kappa shape index (κ3) is 3.28. The first-order chi connectivity index (χ1) is 8.25. The predicted octanol–water partition coefficient (Wildman–Crippen LogP) is 3.01. The van der Waals surface area contributed by atoms with E-state index >= 15 is 0 Å². The molecule has 1 saturated carbocycles. The van der Waals surface area contributed by atoms with Crippen molar-refractivity contribution >= 4 is 6.09 Å². The van der Waals surface area contributed by atoms with Crippen molar-refractivity contribution < 1.29 is 14.3 Å². The summed E-state index contributed by atoms with van der Waals surface area (Å²) in [4.78, 5) is 11.8. The summed E-state index contributed by atoms with van der Waals surface area (Å²) in [5.74, 6) is 0.727. The summed E-state index contributed by atoms with van der Waals surface area (Å²) in [6.07, 6.45) is 2.11. The number of hydrogen-bond donors (Lipinski definition) is 1. The van der Waals surface area contributed by atoms with Crippen LogP contribution in [0.3, 0.4) is 0 Å². The van der Waals surface area contributed by atoms with Crippen molar-refractivity contribution in [1.29, 1.82) is 0 Å². The average molecular weight is 253 g/mol. The van der Waals surface area contributed by atoms with E-state index in [1.807, 2.05) is 33.8 Å². The van der Waals surface area contributed by atoms with Crippen LogP contribution in [0.4, 0.5) is 4.79 Å². The van der Waals surface area contributed by atoms with Crippen LogP contribution in [-0.2, 0) is 9.47 Å². The van der Waals surface area contributed by atoms with Crippen molar-refractivity contribution in [3.05, 3.63) is 25.0 Å². The van der Waals surface area contributed by atoms with Gasteiger partial charge in [0, 0.05) is 5.92 Å². The van der Waals surface area contributed by atoms with Gasteiger partial charge in [-0.3, -0.25) is 0 Å². The summed E-state index contributed by atoms with van der Waals surface area (Å²) >= 11 is 0. The molecule has 4 nitrogen and oxygen atoms in total. The average Bonchev–Trinajstić information content (AvgIpc) is 2.90. The molecule has 4 heteroatoms. The van der Waals surface area contributed by atoms with Crippen LogP contribution in [0, 0.1) is 5.92 Å². The summed E-state index contributed by atoms with van der Waals surface area (Å²) in [6, 6.07) is 0. The molecule has 0 saturated heterocycles. The number of carbonyl (C=O) groups is 1. The first kappa shape index (κ1) is 14.6. The minimum absolute atomic E-state index is 0.157. The lowest BCUT2D eigenvalue weighted by molar-refractivity contribution is 0.0479. The highest BCUT2D eigenvalue weighted by atomic mass is 16.6. The SMILES string of the molecule is C=CC1C[C@@]1(NC(=O)OC(C)(C)C)C(=C)OCC. The molecule has 1 aliphatic carbocycles. The van der Waals surface area contributed by atoms with E-state index in [1.54, 1.807) is 0 Å². The van der Waals surface area contributed by atoms with Gasteiger partial charge in [-0.2, -0.15) is 0 Å². The Morgan fingerprint density at radius 2 is 2.17 bits per heavy atom. The van der Waals surface area contributed by atoms with E-state index in [0.717, 1.165) is 6.42 Å². The van der Waals surface area contributed by atoms with Gasteiger partial charge in [-0.05, 0) is 34.1 Å². The Morgan fingerprint density at radius 3 is 2.56 bits per heavy atom. The molecule has 1 unspecified atom stereocenters. The van der Waals surface area contributed by atoms with E-state index in [2.05, 4.69) is 18.5 Å². The van der Waals surface area contributed by atoms with Gasteiger partial charge in [-0.15, -0.1) is 6.58 Å². The number of amides is 1. The molecule has 0 bridgehead atoms. The highest BCUT2D eigenvalue weighted by Gasteiger charge is 2.57. The molecule has 18 heavy (non-hydrogen) atoms. The monoisotopic (exact) mass is 253 g/mol. The van der Waals surface area contributed by atoms with Gasteiger partial charge in [0.15, 0.2) is 0 Å². The zero-order valence-electron chi connectivity index (χ0n) is 11.7. The standard InChI is InChI=1S/C14H23NO3/c1-7-11-9-14(11,10(3)17-8-2)15-12(16)18-13(4,5)6/h7,11H,1,3,8-9H2,2,4-6H3,(H,15,16)/t11?,14-/m1/s1. The molecule has 0 aromatic heterocycles. The molecular weight excluding hydrogens is 230 g/mol. The lowest BCUT2D eigenvalue weighted by atomic mass is 10.1. The molecule has 0 heterocycles. The summed E-state index contributed by atoms with van der Waals surface area (Å²) in [5.41, 5.74) is -1.06. The van der Waals surface area contributed by atoms with Gasteiger partial charge in [-0.25, -0.2) is 4.79 Å². The van der Waals surface area contributed by atoms with E-state index in [9.17, 15) is 4.79 Å². The van der Waals surface area contributed by atoms with E-state index in [0.29, 0.717) is 12.4 Å². The number of hydrogen-bond acceptors (Lipinski definition) is 3. The fourth-order valence-corrected chi connectivity index (χ4v) is 1.90. The van der Waals surface area contributed by atoms with Crippen LogP contribution in [0.1, 0.15) is 34.1 Å². The summed E-state index contributed by atoms with van der Waals surface area (Å²) in [6.45, 7) is 15.5. The third-order valence-electron chi connectivity index (χ3n) is 2.84. The molecule has 102 valence electrons. The minimum Gasteiger partial charge on any atom is -0.496 e. The van der Waals surface area contributed by atoms with Crippen molar-refractivity contribution in [2.75, 3.05) is 6.61 Å². The van der Waals surface area contributed by atoms with Crippen LogP contribution in [0.15, 0.2) is 25.0 Å². The Kier molecular flexibility index (Phi) is 4.09. The van der Waals surface area contributed by atoms with E-state index < -0.39 is 17.2 Å². The second-order valence-electron chi connectivity index (χ2n) is 5.50. The maximum absolute atomic E-state index is 11.8. The highest BCUT2D eigenvalue weighted by molar-refractivity contribution is 5.70. The van der Waals surface area contributed by atoms with Crippen molar-refractivity contribution in [2.45, 2.75) is 45.3 Å². The second kappa shape index (κ2) is 5.04. The minimum atomic E-state index is -0.542. The van der Waals surface area contributed by atoms with Crippen LogP contribution < -0.4 is 5.32 Å². The molecule has 1 aliphatic rings. The van der Waals surface area contributed by atoms with E-state index in [-0.39, 0.29) is 5.92 Å². The Labute approximate surface area is 109 Å². The molecule has 1 N–H and O–H groups in total. The first-order valence-electron chi connectivity index (χ1n) is 6.21. The molecule has 0 aromatic rings. The quantitative estimate of drug-likeness (QED) is 0.605. The number of carbonyl (C=O) groups excluding carboxylic acids is 1. The van der Waals surface area contributed by atoms with Gasteiger partial charge in [0.2, 0.25) is 0 Å². The largest absolute Gasteiger partial charge is 0.496 e. The maximum atomic E-state index is 11.8. The van der Waals surface area contributed by atoms with Gasteiger partial charge in [-0.1, -0.05) is 12.7 Å². The topological polar surface area (TPSA) is 47.6 Å². The second-order valence-corrected chi connectivity index (χ2v) is 5.50. The highest BCUT2D eigenvalue weighted by Crippen LogP contribution is 2.49. The van der Waals surface area contributed by atoms with Crippen molar-refractivity contribution in [1.82, 2.24) is 5.32 Å². The molecule has 0 aliphatic heterocycles. The molecule has 1 rings (SSSR count). The lowest BCUT2D eigenvalue weighted by Gasteiger charge is -2.25. The van der Waals surface area contributed by atoms with Crippen LogP contribution in [0.5, 0.6) is 0 Å².